The number of hydrogen-bond acceptors (Lipinski definition) is 3. The van der Waals surface area contributed by atoms with E-state index in [1.165, 1.54) is 12.4 Å². The summed E-state index contributed by atoms with van der Waals surface area (Å²) in [5, 5.41) is 0.631. The highest BCUT2D eigenvalue weighted by molar-refractivity contribution is 7.86. The van der Waals surface area contributed by atoms with E-state index in [9.17, 15) is 4.21 Å². The molecule has 0 aliphatic rings. The normalized spacial score (nSPS) is 12.9. The van der Waals surface area contributed by atoms with Crippen molar-refractivity contribution in [2.75, 3.05) is 5.21 Å². The Morgan fingerprint density at radius 2 is 2.00 bits per heavy atom. The second-order valence-corrected chi connectivity index (χ2v) is 4.00. The molecule has 0 radical (unpaired) electrons. The van der Waals surface area contributed by atoms with Gasteiger partial charge in [0.25, 0.3) is 0 Å². The molecular formula is C5H4Cl2N2OS. The van der Waals surface area contributed by atoms with E-state index in [4.69, 9.17) is 23.2 Å². The Kier molecular flexibility index (Phi) is 3.23. The maximum Gasteiger partial charge on any atom is 0.219 e. The summed E-state index contributed by atoms with van der Waals surface area (Å²) in [6, 6.07) is 0. The van der Waals surface area contributed by atoms with Gasteiger partial charge in [-0.15, -0.1) is 11.6 Å². The lowest BCUT2D eigenvalue weighted by Gasteiger charge is -1.93. The second-order valence-electron chi connectivity index (χ2n) is 1.64. The van der Waals surface area contributed by atoms with E-state index in [0.29, 0.717) is 5.02 Å². The molecule has 0 saturated heterocycles. The average molecular weight is 211 g/mol. The van der Waals surface area contributed by atoms with Crippen LogP contribution in [0.3, 0.4) is 0 Å². The first kappa shape index (κ1) is 8.90. The highest BCUT2D eigenvalue weighted by atomic mass is 35.5. The molecule has 3 nitrogen and oxygen atoms in total. The molecule has 1 unspecified atom stereocenters. The Hall–Kier alpha value is -0.190. The zero-order valence-electron chi connectivity index (χ0n) is 5.33. The average Bonchev–Trinajstić information content (AvgIpc) is 2.05. The minimum atomic E-state index is -1.31. The summed E-state index contributed by atoms with van der Waals surface area (Å²) in [6.07, 6.45) is 2.77. The van der Waals surface area contributed by atoms with Gasteiger partial charge in [0, 0.05) is 0 Å². The Balaban J connectivity index is 2.90. The molecule has 0 aliphatic carbocycles. The van der Waals surface area contributed by atoms with Gasteiger partial charge >= 0.3 is 0 Å². The Bertz CT molecular complexity index is 264. The molecule has 0 spiro atoms. The lowest BCUT2D eigenvalue weighted by Crippen LogP contribution is -1.98. The van der Waals surface area contributed by atoms with Gasteiger partial charge in [-0.25, -0.2) is 14.2 Å². The summed E-state index contributed by atoms with van der Waals surface area (Å²) in [4.78, 5) is 7.44. The number of halogens is 2. The van der Waals surface area contributed by atoms with Gasteiger partial charge in [0.2, 0.25) is 5.16 Å². The molecule has 6 heteroatoms. The minimum absolute atomic E-state index is 0.00162. The van der Waals surface area contributed by atoms with Gasteiger partial charge in [0.1, 0.15) is 16.0 Å². The van der Waals surface area contributed by atoms with Crippen LogP contribution in [0.5, 0.6) is 0 Å². The van der Waals surface area contributed by atoms with Crippen molar-refractivity contribution < 1.29 is 4.21 Å². The SMILES string of the molecule is O=S(CCl)c1ncc(Cl)cn1. The molecule has 60 valence electrons. The van der Waals surface area contributed by atoms with Gasteiger partial charge in [-0.05, 0) is 0 Å². The van der Waals surface area contributed by atoms with Crippen LogP contribution >= 0.6 is 23.2 Å². The molecule has 0 N–H and O–H groups in total. The van der Waals surface area contributed by atoms with Gasteiger partial charge in [-0.2, -0.15) is 0 Å². The van der Waals surface area contributed by atoms with Crippen LogP contribution in [-0.2, 0) is 10.8 Å². The standard InChI is InChI=1S/C5H4Cl2N2OS/c6-3-11(10)5-8-1-4(7)2-9-5/h1-2H,3H2. The molecule has 1 aromatic rings. The van der Waals surface area contributed by atoms with E-state index in [1.807, 2.05) is 0 Å². The molecule has 0 aromatic carbocycles. The largest absolute Gasteiger partial charge is 0.250 e. The Morgan fingerprint density at radius 3 is 2.45 bits per heavy atom. The van der Waals surface area contributed by atoms with E-state index in [0.717, 1.165) is 0 Å². The third-order valence-corrected chi connectivity index (χ3v) is 2.51. The highest BCUT2D eigenvalue weighted by Gasteiger charge is 2.03. The number of nitrogens with zero attached hydrogens (tertiary/aromatic N) is 2. The molecule has 0 amide bonds. The van der Waals surface area contributed by atoms with Crippen LogP contribution in [0.15, 0.2) is 17.6 Å². The predicted molar refractivity (Wildman–Crippen MR) is 44.2 cm³/mol. The van der Waals surface area contributed by atoms with Crippen LogP contribution in [-0.4, -0.2) is 19.4 Å². The maximum absolute atomic E-state index is 10.9. The molecule has 0 bridgehead atoms. The van der Waals surface area contributed by atoms with Crippen molar-refractivity contribution in [3.63, 3.8) is 0 Å². The quantitative estimate of drug-likeness (QED) is 0.549. The topological polar surface area (TPSA) is 42.9 Å². The van der Waals surface area contributed by atoms with Crippen molar-refractivity contribution in [1.29, 1.82) is 0 Å². The smallest absolute Gasteiger partial charge is 0.219 e. The van der Waals surface area contributed by atoms with E-state index in [2.05, 4.69) is 9.97 Å². The molecule has 1 rings (SSSR count). The van der Waals surface area contributed by atoms with Crippen molar-refractivity contribution in [1.82, 2.24) is 9.97 Å². The third-order valence-electron chi connectivity index (χ3n) is 0.899. The van der Waals surface area contributed by atoms with Gasteiger partial charge in [0.05, 0.1) is 17.4 Å². The summed E-state index contributed by atoms with van der Waals surface area (Å²) in [7, 11) is -1.31. The molecule has 0 aliphatic heterocycles. The summed E-state index contributed by atoms with van der Waals surface area (Å²) in [6.45, 7) is 0. The van der Waals surface area contributed by atoms with Crippen molar-refractivity contribution >= 4 is 34.0 Å². The molecule has 0 saturated carbocycles. The van der Waals surface area contributed by atoms with E-state index in [1.54, 1.807) is 0 Å². The fourth-order valence-electron chi connectivity index (χ4n) is 0.467. The van der Waals surface area contributed by atoms with Gasteiger partial charge in [-0.3, -0.25) is 0 Å². The summed E-state index contributed by atoms with van der Waals surface area (Å²) >= 11 is 10.8. The maximum atomic E-state index is 10.9. The zero-order valence-corrected chi connectivity index (χ0v) is 7.66. The van der Waals surface area contributed by atoms with Crippen molar-refractivity contribution in [3.8, 4) is 0 Å². The molecule has 0 fully saturated rings. The monoisotopic (exact) mass is 210 g/mol. The van der Waals surface area contributed by atoms with Crippen LogP contribution in [0.1, 0.15) is 0 Å². The molecular weight excluding hydrogens is 207 g/mol. The van der Waals surface area contributed by atoms with E-state index >= 15 is 0 Å². The first-order chi connectivity index (χ1) is 5.24. The fourth-order valence-corrected chi connectivity index (χ4v) is 1.30. The molecule has 11 heavy (non-hydrogen) atoms. The van der Waals surface area contributed by atoms with Crippen LogP contribution in [0, 0.1) is 0 Å². The van der Waals surface area contributed by atoms with Crippen LogP contribution in [0.2, 0.25) is 5.02 Å². The second kappa shape index (κ2) is 3.99. The van der Waals surface area contributed by atoms with Crippen molar-refractivity contribution in [2.24, 2.45) is 0 Å². The fraction of sp³-hybridized carbons (Fsp3) is 0.200. The third kappa shape index (κ3) is 2.39. The summed E-state index contributed by atoms with van der Waals surface area (Å²) in [5.41, 5.74) is 0. The van der Waals surface area contributed by atoms with Crippen molar-refractivity contribution in [2.45, 2.75) is 5.16 Å². The van der Waals surface area contributed by atoms with Gasteiger partial charge in [-0.1, -0.05) is 11.6 Å². The predicted octanol–water partition coefficient (Wildman–Crippen LogP) is 1.43. The zero-order chi connectivity index (χ0) is 8.27. The summed E-state index contributed by atoms with van der Waals surface area (Å²) in [5.74, 6) is 0. The van der Waals surface area contributed by atoms with Crippen LogP contribution < -0.4 is 0 Å². The molecule has 1 heterocycles. The van der Waals surface area contributed by atoms with Crippen LogP contribution in [0.25, 0.3) is 0 Å². The first-order valence-corrected chi connectivity index (χ1v) is 4.89. The van der Waals surface area contributed by atoms with Crippen molar-refractivity contribution in [3.05, 3.63) is 17.4 Å². The lowest BCUT2D eigenvalue weighted by molar-refractivity contribution is 0.678. The summed E-state index contributed by atoms with van der Waals surface area (Å²) < 4.78 is 10.9. The van der Waals surface area contributed by atoms with Gasteiger partial charge in [0.15, 0.2) is 0 Å². The lowest BCUT2D eigenvalue weighted by atomic mass is 10.7. The van der Waals surface area contributed by atoms with Crippen LogP contribution in [0.4, 0.5) is 0 Å². The number of alkyl halides is 1. The number of rotatable bonds is 2. The number of hydrogen-bond donors (Lipinski definition) is 0. The van der Waals surface area contributed by atoms with Gasteiger partial charge < -0.3 is 0 Å². The molecule has 1 atom stereocenters. The number of aromatic nitrogens is 2. The van der Waals surface area contributed by atoms with E-state index < -0.39 is 10.8 Å². The Morgan fingerprint density at radius 1 is 1.45 bits per heavy atom. The Labute approximate surface area is 76.2 Å². The minimum Gasteiger partial charge on any atom is -0.250 e. The molecule has 1 aromatic heterocycles. The first-order valence-electron chi connectivity index (χ1n) is 2.66. The van der Waals surface area contributed by atoms with E-state index in [-0.39, 0.29) is 10.4 Å². The highest BCUT2D eigenvalue weighted by Crippen LogP contribution is 2.05.